The molecule has 1 saturated carbocycles. The zero-order valence-corrected chi connectivity index (χ0v) is 9.85. The van der Waals surface area contributed by atoms with Crippen molar-refractivity contribution >= 4 is 11.8 Å². The van der Waals surface area contributed by atoms with Crippen LogP contribution in [0.4, 0.5) is 0 Å². The van der Waals surface area contributed by atoms with Gasteiger partial charge in [-0.05, 0) is 19.8 Å². The Kier molecular flexibility index (Phi) is 3.36. The van der Waals surface area contributed by atoms with E-state index in [-0.39, 0.29) is 0 Å². The Morgan fingerprint density at radius 3 is 2.80 bits per heavy atom. The van der Waals surface area contributed by atoms with Crippen molar-refractivity contribution in [3.05, 3.63) is 12.0 Å². The summed E-state index contributed by atoms with van der Waals surface area (Å²) in [4.78, 5) is 4.21. The third-order valence-electron chi connectivity index (χ3n) is 2.85. The van der Waals surface area contributed by atoms with Gasteiger partial charge in [-0.25, -0.2) is 4.98 Å². The van der Waals surface area contributed by atoms with Gasteiger partial charge in [-0.15, -0.1) is 0 Å². The predicted molar refractivity (Wildman–Crippen MR) is 60.0 cm³/mol. The first-order valence-electron chi connectivity index (χ1n) is 5.45. The van der Waals surface area contributed by atoms with E-state index in [9.17, 15) is 5.11 Å². The van der Waals surface area contributed by atoms with Gasteiger partial charge in [-0.1, -0.05) is 31.0 Å². The van der Waals surface area contributed by atoms with E-state index < -0.39 is 5.60 Å². The average molecular weight is 227 g/mol. The summed E-state index contributed by atoms with van der Waals surface area (Å²) in [5.74, 6) is 0.701. The standard InChI is InChI=1S/C11H17NO2S/c1-9-7-14-10(12-9)15-8-11(13)5-3-2-4-6-11/h7,13H,2-6,8H2,1H3. The minimum absolute atomic E-state index is 0.495. The van der Waals surface area contributed by atoms with Crippen LogP contribution in [-0.2, 0) is 0 Å². The van der Waals surface area contributed by atoms with Crippen LogP contribution in [0, 0.1) is 6.92 Å². The Bertz CT molecular complexity index is 318. The quantitative estimate of drug-likeness (QED) is 0.807. The molecule has 1 aromatic rings. The molecule has 0 atom stereocenters. The lowest BCUT2D eigenvalue weighted by atomic mass is 9.86. The van der Waals surface area contributed by atoms with E-state index in [1.165, 1.54) is 18.2 Å². The molecule has 0 spiro atoms. The van der Waals surface area contributed by atoms with Gasteiger partial charge < -0.3 is 9.52 Å². The highest BCUT2D eigenvalue weighted by Gasteiger charge is 2.29. The fraction of sp³-hybridized carbons (Fsp3) is 0.727. The third kappa shape index (κ3) is 2.98. The molecule has 0 radical (unpaired) electrons. The second-order valence-electron chi connectivity index (χ2n) is 4.33. The second kappa shape index (κ2) is 4.58. The molecule has 0 saturated heterocycles. The minimum atomic E-state index is -0.495. The molecule has 1 aliphatic carbocycles. The zero-order valence-electron chi connectivity index (χ0n) is 9.03. The van der Waals surface area contributed by atoms with Crippen LogP contribution in [0.3, 0.4) is 0 Å². The fourth-order valence-corrected chi connectivity index (χ4v) is 2.95. The summed E-state index contributed by atoms with van der Waals surface area (Å²) in [5, 5.41) is 10.9. The van der Waals surface area contributed by atoms with Gasteiger partial charge in [-0.3, -0.25) is 0 Å². The molecular weight excluding hydrogens is 210 g/mol. The summed E-state index contributed by atoms with van der Waals surface area (Å²) in [7, 11) is 0. The van der Waals surface area contributed by atoms with Crippen molar-refractivity contribution in [2.45, 2.75) is 49.9 Å². The van der Waals surface area contributed by atoms with Gasteiger partial charge in [0.25, 0.3) is 5.22 Å². The Balaban J connectivity index is 1.86. The Labute approximate surface area is 94.3 Å². The number of rotatable bonds is 3. The fourth-order valence-electron chi connectivity index (χ4n) is 1.95. The topological polar surface area (TPSA) is 46.3 Å². The average Bonchev–Trinajstić information content (AvgIpc) is 2.63. The third-order valence-corrected chi connectivity index (χ3v) is 3.96. The van der Waals surface area contributed by atoms with Gasteiger partial charge in [0.05, 0.1) is 11.3 Å². The SMILES string of the molecule is Cc1coc(SCC2(O)CCCCC2)n1. The number of aryl methyl sites for hydroxylation is 1. The van der Waals surface area contributed by atoms with E-state index in [1.54, 1.807) is 6.26 Å². The van der Waals surface area contributed by atoms with Crippen molar-refractivity contribution in [3.8, 4) is 0 Å². The molecule has 84 valence electrons. The van der Waals surface area contributed by atoms with E-state index >= 15 is 0 Å². The van der Waals surface area contributed by atoms with Gasteiger partial charge in [-0.2, -0.15) is 0 Å². The van der Waals surface area contributed by atoms with E-state index in [0.29, 0.717) is 11.0 Å². The largest absolute Gasteiger partial charge is 0.440 e. The summed E-state index contributed by atoms with van der Waals surface area (Å²) in [6.45, 7) is 1.91. The van der Waals surface area contributed by atoms with E-state index in [2.05, 4.69) is 4.98 Å². The highest BCUT2D eigenvalue weighted by molar-refractivity contribution is 7.99. The first-order chi connectivity index (χ1) is 7.18. The van der Waals surface area contributed by atoms with Crippen molar-refractivity contribution < 1.29 is 9.52 Å². The summed E-state index contributed by atoms with van der Waals surface area (Å²) in [6.07, 6.45) is 7.01. The maximum Gasteiger partial charge on any atom is 0.255 e. The van der Waals surface area contributed by atoms with Crippen molar-refractivity contribution in [1.82, 2.24) is 4.98 Å². The van der Waals surface area contributed by atoms with Crippen molar-refractivity contribution in [1.29, 1.82) is 0 Å². The predicted octanol–water partition coefficient (Wildman–Crippen LogP) is 2.77. The summed E-state index contributed by atoms with van der Waals surface area (Å²) >= 11 is 1.52. The molecule has 4 heteroatoms. The van der Waals surface area contributed by atoms with Gasteiger partial charge in [0.1, 0.15) is 6.26 Å². The Morgan fingerprint density at radius 1 is 1.47 bits per heavy atom. The molecule has 0 amide bonds. The number of aromatic nitrogens is 1. The number of nitrogens with zero attached hydrogens (tertiary/aromatic N) is 1. The molecule has 0 bridgehead atoms. The summed E-state index contributed by atoms with van der Waals surface area (Å²) < 4.78 is 5.24. The number of hydrogen-bond acceptors (Lipinski definition) is 4. The summed E-state index contributed by atoms with van der Waals surface area (Å²) in [6, 6.07) is 0. The van der Waals surface area contributed by atoms with Gasteiger partial charge in [0.2, 0.25) is 0 Å². The van der Waals surface area contributed by atoms with Gasteiger partial charge >= 0.3 is 0 Å². The van der Waals surface area contributed by atoms with Crippen LogP contribution in [0.5, 0.6) is 0 Å². The molecule has 0 unspecified atom stereocenters. The molecule has 1 fully saturated rings. The zero-order chi connectivity index (χ0) is 10.7. The molecule has 0 aliphatic heterocycles. The van der Waals surface area contributed by atoms with Crippen LogP contribution < -0.4 is 0 Å². The van der Waals surface area contributed by atoms with Crippen LogP contribution in [-0.4, -0.2) is 21.4 Å². The molecule has 1 heterocycles. The molecular formula is C11H17NO2S. The Hall–Kier alpha value is -0.480. The van der Waals surface area contributed by atoms with Crippen LogP contribution in [0.15, 0.2) is 15.9 Å². The van der Waals surface area contributed by atoms with E-state index in [0.717, 1.165) is 31.4 Å². The number of hydrogen-bond donors (Lipinski definition) is 1. The van der Waals surface area contributed by atoms with Crippen LogP contribution in [0.25, 0.3) is 0 Å². The first kappa shape index (κ1) is 11.0. The van der Waals surface area contributed by atoms with Gasteiger partial charge in [0, 0.05) is 5.75 Å². The lowest BCUT2D eigenvalue weighted by molar-refractivity contribution is 0.0271. The highest BCUT2D eigenvalue weighted by Crippen LogP contribution is 2.33. The van der Waals surface area contributed by atoms with Crippen LogP contribution in [0.1, 0.15) is 37.8 Å². The lowest BCUT2D eigenvalue weighted by Gasteiger charge is -2.31. The van der Waals surface area contributed by atoms with Crippen LogP contribution in [0.2, 0.25) is 0 Å². The van der Waals surface area contributed by atoms with Gasteiger partial charge in [0.15, 0.2) is 0 Å². The number of thioether (sulfide) groups is 1. The number of oxazole rings is 1. The maximum atomic E-state index is 10.2. The molecule has 3 nitrogen and oxygen atoms in total. The van der Waals surface area contributed by atoms with Crippen molar-refractivity contribution in [2.24, 2.45) is 0 Å². The second-order valence-corrected chi connectivity index (χ2v) is 5.26. The lowest BCUT2D eigenvalue weighted by Crippen LogP contribution is -2.33. The molecule has 1 N–H and O–H groups in total. The van der Waals surface area contributed by atoms with Crippen molar-refractivity contribution in [2.75, 3.05) is 5.75 Å². The molecule has 15 heavy (non-hydrogen) atoms. The first-order valence-corrected chi connectivity index (χ1v) is 6.44. The maximum absolute atomic E-state index is 10.2. The van der Waals surface area contributed by atoms with E-state index in [4.69, 9.17) is 4.42 Å². The Morgan fingerprint density at radius 2 is 2.20 bits per heavy atom. The van der Waals surface area contributed by atoms with E-state index in [1.807, 2.05) is 6.92 Å². The molecule has 1 aliphatic rings. The highest BCUT2D eigenvalue weighted by atomic mass is 32.2. The molecule has 0 aromatic carbocycles. The minimum Gasteiger partial charge on any atom is -0.440 e. The smallest absolute Gasteiger partial charge is 0.255 e. The normalized spacial score (nSPS) is 20.4. The molecule has 2 rings (SSSR count). The van der Waals surface area contributed by atoms with Crippen LogP contribution >= 0.6 is 11.8 Å². The number of aliphatic hydroxyl groups is 1. The summed E-state index contributed by atoms with van der Waals surface area (Å²) in [5.41, 5.74) is 0.402. The monoisotopic (exact) mass is 227 g/mol. The van der Waals surface area contributed by atoms with Crippen molar-refractivity contribution in [3.63, 3.8) is 0 Å². The molecule has 1 aromatic heterocycles.